The summed E-state index contributed by atoms with van der Waals surface area (Å²) in [5.74, 6) is 1.79. The fraction of sp³-hybridized carbons (Fsp3) is 1.00. The fourth-order valence-corrected chi connectivity index (χ4v) is 2.90. The molecule has 0 saturated heterocycles. The molecule has 1 fully saturated rings. The maximum atomic E-state index is 3.84. The van der Waals surface area contributed by atoms with E-state index in [0.29, 0.717) is 12.1 Å². The maximum absolute atomic E-state index is 3.84. The Hall–Kier alpha value is -0.0800. The number of nitrogens with one attached hydrogen (secondary N) is 1. The zero-order valence-corrected chi connectivity index (χ0v) is 12.5. The molecule has 0 bridgehead atoms. The number of likely N-dealkylation sites (N-methyl/N-ethyl adjacent to an activating group) is 1. The van der Waals surface area contributed by atoms with Crippen molar-refractivity contribution >= 4 is 0 Å². The van der Waals surface area contributed by atoms with E-state index < -0.39 is 0 Å². The van der Waals surface area contributed by atoms with Crippen LogP contribution >= 0.6 is 0 Å². The van der Waals surface area contributed by atoms with Crippen LogP contribution in [0.15, 0.2) is 0 Å². The van der Waals surface area contributed by atoms with Gasteiger partial charge in [-0.3, -0.25) is 0 Å². The third kappa shape index (κ3) is 6.42. The maximum Gasteiger partial charge on any atom is 0.0199 e. The molecule has 1 saturated carbocycles. The van der Waals surface area contributed by atoms with E-state index in [1.165, 1.54) is 32.1 Å². The van der Waals surface area contributed by atoms with Gasteiger partial charge in [0.05, 0.1) is 0 Å². The molecule has 2 nitrogen and oxygen atoms in total. The summed E-state index contributed by atoms with van der Waals surface area (Å²) in [6.07, 6.45) is 7.06. The molecule has 2 atom stereocenters. The van der Waals surface area contributed by atoms with E-state index in [1.807, 2.05) is 0 Å². The van der Waals surface area contributed by atoms with Gasteiger partial charge in [0.2, 0.25) is 0 Å². The van der Waals surface area contributed by atoms with Gasteiger partial charge in [0, 0.05) is 18.6 Å². The highest BCUT2D eigenvalue weighted by Gasteiger charge is 2.21. The lowest BCUT2D eigenvalue weighted by Crippen LogP contribution is -2.44. The van der Waals surface area contributed by atoms with Gasteiger partial charge < -0.3 is 10.2 Å². The Morgan fingerprint density at radius 1 is 1.18 bits per heavy atom. The van der Waals surface area contributed by atoms with Gasteiger partial charge in [0.25, 0.3) is 0 Å². The van der Waals surface area contributed by atoms with Crippen molar-refractivity contribution in [2.45, 2.75) is 65.0 Å². The first-order chi connectivity index (χ1) is 7.97. The topological polar surface area (TPSA) is 15.3 Å². The quantitative estimate of drug-likeness (QED) is 0.701. The van der Waals surface area contributed by atoms with Gasteiger partial charge in [-0.1, -0.05) is 33.1 Å². The van der Waals surface area contributed by atoms with E-state index >= 15 is 0 Å². The van der Waals surface area contributed by atoms with Crippen LogP contribution in [-0.4, -0.2) is 37.6 Å². The average molecular weight is 240 g/mol. The van der Waals surface area contributed by atoms with Crippen LogP contribution in [-0.2, 0) is 0 Å². The Kier molecular flexibility index (Phi) is 6.50. The first-order valence-electron chi connectivity index (χ1n) is 7.38. The molecule has 102 valence electrons. The second-order valence-electron chi connectivity index (χ2n) is 6.69. The van der Waals surface area contributed by atoms with Crippen LogP contribution < -0.4 is 5.32 Å². The van der Waals surface area contributed by atoms with Crippen molar-refractivity contribution in [1.82, 2.24) is 10.2 Å². The van der Waals surface area contributed by atoms with Crippen molar-refractivity contribution in [3.8, 4) is 0 Å². The van der Waals surface area contributed by atoms with Crippen molar-refractivity contribution in [1.29, 1.82) is 0 Å². The summed E-state index contributed by atoms with van der Waals surface area (Å²) in [6, 6.07) is 1.34. The molecule has 0 spiro atoms. The first-order valence-corrected chi connectivity index (χ1v) is 7.38. The molecule has 1 aliphatic carbocycles. The molecule has 17 heavy (non-hydrogen) atoms. The van der Waals surface area contributed by atoms with Crippen LogP contribution in [0.2, 0.25) is 0 Å². The van der Waals surface area contributed by atoms with Crippen molar-refractivity contribution in [3.05, 3.63) is 0 Å². The summed E-state index contributed by atoms with van der Waals surface area (Å²) in [5.41, 5.74) is 0. The monoisotopic (exact) mass is 240 g/mol. The van der Waals surface area contributed by atoms with Gasteiger partial charge in [0.1, 0.15) is 0 Å². The molecule has 0 amide bonds. The van der Waals surface area contributed by atoms with E-state index in [-0.39, 0.29) is 0 Å². The minimum absolute atomic E-state index is 0.653. The summed E-state index contributed by atoms with van der Waals surface area (Å²) in [4.78, 5) is 2.30. The molecule has 0 aromatic heterocycles. The highest BCUT2D eigenvalue weighted by molar-refractivity contribution is 4.79. The molecule has 1 N–H and O–H groups in total. The average Bonchev–Trinajstić information content (AvgIpc) is 2.09. The summed E-state index contributed by atoms with van der Waals surface area (Å²) in [6.45, 7) is 8.16. The lowest BCUT2D eigenvalue weighted by atomic mass is 9.81. The van der Waals surface area contributed by atoms with Crippen LogP contribution in [0, 0.1) is 11.8 Å². The summed E-state index contributed by atoms with van der Waals surface area (Å²) >= 11 is 0. The van der Waals surface area contributed by atoms with Gasteiger partial charge >= 0.3 is 0 Å². The van der Waals surface area contributed by atoms with Crippen molar-refractivity contribution in [2.24, 2.45) is 11.8 Å². The normalized spacial score (nSPS) is 20.6. The Labute approximate surface area is 108 Å². The Bertz CT molecular complexity index is 187. The Morgan fingerprint density at radius 2 is 1.82 bits per heavy atom. The van der Waals surface area contributed by atoms with Gasteiger partial charge in [-0.15, -0.1) is 0 Å². The lowest BCUT2D eigenvalue weighted by Gasteiger charge is -2.32. The highest BCUT2D eigenvalue weighted by Crippen LogP contribution is 2.30. The molecule has 1 aliphatic rings. The molecule has 0 heterocycles. The van der Waals surface area contributed by atoms with E-state index in [1.54, 1.807) is 0 Å². The molecule has 0 aromatic rings. The third-order valence-electron chi connectivity index (χ3n) is 3.77. The molecular weight excluding hydrogens is 208 g/mol. The van der Waals surface area contributed by atoms with Gasteiger partial charge in [-0.25, -0.2) is 0 Å². The smallest absolute Gasteiger partial charge is 0.0199 e. The third-order valence-corrected chi connectivity index (χ3v) is 3.77. The molecular formula is C15H32N2. The zero-order valence-electron chi connectivity index (χ0n) is 12.5. The van der Waals surface area contributed by atoms with E-state index in [2.05, 4.69) is 45.1 Å². The second-order valence-corrected chi connectivity index (χ2v) is 6.69. The van der Waals surface area contributed by atoms with Crippen molar-refractivity contribution in [2.75, 3.05) is 20.6 Å². The molecule has 0 radical (unpaired) electrons. The summed E-state index contributed by atoms with van der Waals surface area (Å²) in [7, 11) is 4.34. The van der Waals surface area contributed by atoms with Gasteiger partial charge in [-0.2, -0.15) is 0 Å². The largest absolute Gasteiger partial charge is 0.310 e. The van der Waals surface area contributed by atoms with Crippen molar-refractivity contribution in [3.63, 3.8) is 0 Å². The Balaban J connectivity index is 2.29. The Morgan fingerprint density at radius 3 is 2.24 bits per heavy atom. The molecule has 0 aliphatic heterocycles. The summed E-state index contributed by atoms with van der Waals surface area (Å²) in [5, 5.41) is 3.84. The van der Waals surface area contributed by atoms with E-state index in [4.69, 9.17) is 0 Å². The second kappa shape index (κ2) is 7.38. The number of nitrogens with zero attached hydrogens (tertiary/aromatic N) is 1. The van der Waals surface area contributed by atoms with Gasteiger partial charge in [0.15, 0.2) is 0 Å². The number of hydrogen-bond donors (Lipinski definition) is 1. The van der Waals surface area contributed by atoms with Crippen LogP contribution in [0.5, 0.6) is 0 Å². The predicted molar refractivity (Wildman–Crippen MR) is 76.4 cm³/mol. The lowest BCUT2D eigenvalue weighted by molar-refractivity contribution is 0.235. The number of hydrogen-bond acceptors (Lipinski definition) is 2. The van der Waals surface area contributed by atoms with Crippen LogP contribution in [0.4, 0.5) is 0 Å². The zero-order chi connectivity index (χ0) is 12.8. The molecule has 2 unspecified atom stereocenters. The predicted octanol–water partition coefficient (Wildman–Crippen LogP) is 3.13. The fourth-order valence-electron chi connectivity index (χ4n) is 2.90. The highest BCUT2D eigenvalue weighted by atomic mass is 15.1. The molecule has 1 rings (SSSR count). The first kappa shape index (κ1) is 15.0. The van der Waals surface area contributed by atoms with Crippen LogP contribution in [0.1, 0.15) is 52.9 Å². The number of rotatable bonds is 8. The SMILES string of the molecule is CC(C)CC(CN(C)C)NC(C)CC1CCC1. The minimum Gasteiger partial charge on any atom is -0.310 e. The van der Waals surface area contributed by atoms with Crippen LogP contribution in [0.25, 0.3) is 0 Å². The van der Waals surface area contributed by atoms with E-state index in [9.17, 15) is 0 Å². The standard InChI is InChI=1S/C15H32N2/c1-12(2)9-15(11-17(4)5)16-13(3)10-14-7-6-8-14/h12-16H,6-11H2,1-5H3. The minimum atomic E-state index is 0.653. The van der Waals surface area contributed by atoms with E-state index in [0.717, 1.165) is 18.4 Å². The van der Waals surface area contributed by atoms with Crippen LogP contribution in [0.3, 0.4) is 0 Å². The molecule has 0 aromatic carbocycles. The summed E-state index contributed by atoms with van der Waals surface area (Å²) < 4.78 is 0. The van der Waals surface area contributed by atoms with Crippen molar-refractivity contribution < 1.29 is 0 Å². The van der Waals surface area contributed by atoms with Gasteiger partial charge in [-0.05, 0) is 45.7 Å². The molecule has 2 heteroatoms.